The van der Waals surface area contributed by atoms with Crippen molar-refractivity contribution >= 4 is 5.97 Å². The first-order valence-corrected chi connectivity index (χ1v) is 5.65. The molecule has 0 saturated carbocycles. The Bertz CT molecular complexity index is 398. The molecule has 1 atom stereocenters. The highest BCUT2D eigenvalue weighted by atomic mass is 16.5. The zero-order chi connectivity index (χ0) is 11.5. The third-order valence-electron chi connectivity index (χ3n) is 2.89. The van der Waals surface area contributed by atoms with Gasteiger partial charge < -0.3 is 9.47 Å². The number of carbonyl (C=O) groups is 1. The summed E-state index contributed by atoms with van der Waals surface area (Å²) >= 11 is 0. The van der Waals surface area contributed by atoms with Gasteiger partial charge in [-0.25, -0.2) is 4.79 Å². The molecule has 86 valence electrons. The van der Waals surface area contributed by atoms with Crippen LogP contribution in [0.15, 0.2) is 18.2 Å². The third kappa shape index (κ3) is 1.90. The minimum absolute atomic E-state index is 0.0856. The highest BCUT2D eigenvalue weighted by Gasteiger charge is 2.30. The predicted octanol–water partition coefficient (Wildman–Crippen LogP) is 3.10. The van der Waals surface area contributed by atoms with Crippen LogP contribution in [0, 0.1) is 0 Å². The number of ether oxygens (including phenoxy) is 2. The average molecular weight is 220 g/mol. The number of cyclic esters (lactones) is 1. The molecule has 2 rings (SSSR count). The van der Waals surface area contributed by atoms with Crippen LogP contribution in [0.1, 0.15) is 48.2 Å². The van der Waals surface area contributed by atoms with Crippen LogP contribution in [0.4, 0.5) is 0 Å². The van der Waals surface area contributed by atoms with Crippen molar-refractivity contribution in [3.63, 3.8) is 0 Å². The lowest BCUT2D eigenvalue weighted by Crippen LogP contribution is -1.98. The maximum atomic E-state index is 11.6. The highest BCUT2D eigenvalue weighted by molar-refractivity contribution is 5.94. The minimum atomic E-state index is -0.209. The summed E-state index contributed by atoms with van der Waals surface area (Å²) in [6, 6.07) is 5.48. The molecule has 1 aliphatic rings. The Balaban J connectivity index is 2.27. The van der Waals surface area contributed by atoms with E-state index in [2.05, 4.69) is 6.92 Å². The summed E-state index contributed by atoms with van der Waals surface area (Å²) in [5.74, 6) is 0.567. The number of esters is 1. The molecule has 0 radical (unpaired) electrons. The van der Waals surface area contributed by atoms with Gasteiger partial charge in [0.15, 0.2) is 0 Å². The fourth-order valence-corrected chi connectivity index (χ4v) is 1.98. The van der Waals surface area contributed by atoms with Crippen LogP contribution in [0.3, 0.4) is 0 Å². The van der Waals surface area contributed by atoms with Crippen LogP contribution in [0.25, 0.3) is 0 Å². The van der Waals surface area contributed by atoms with Crippen molar-refractivity contribution in [3.05, 3.63) is 29.3 Å². The molecule has 0 fully saturated rings. The molecule has 1 aliphatic heterocycles. The molecule has 1 aromatic carbocycles. The molecule has 1 heterocycles. The molecule has 0 N–H and O–H groups in total. The van der Waals surface area contributed by atoms with E-state index in [4.69, 9.17) is 9.47 Å². The first-order chi connectivity index (χ1) is 7.76. The maximum absolute atomic E-state index is 11.6. The Labute approximate surface area is 95.4 Å². The number of benzene rings is 1. The summed E-state index contributed by atoms with van der Waals surface area (Å²) < 4.78 is 10.5. The van der Waals surface area contributed by atoms with Crippen molar-refractivity contribution in [2.45, 2.75) is 32.3 Å². The van der Waals surface area contributed by atoms with Crippen LogP contribution in [0.5, 0.6) is 5.75 Å². The molecule has 0 saturated heterocycles. The molecule has 1 aromatic rings. The normalized spacial score (nSPS) is 18.1. The lowest BCUT2D eigenvalue weighted by molar-refractivity contribution is 0.0364. The first-order valence-electron chi connectivity index (χ1n) is 5.65. The average Bonchev–Trinajstić information content (AvgIpc) is 2.63. The third-order valence-corrected chi connectivity index (χ3v) is 2.89. The van der Waals surface area contributed by atoms with Gasteiger partial charge in [-0.15, -0.1) is 0 Å². The number of rotatable bonds is 4. The van der Waals surface area contributed by atoms with Crippen molar-refractivity contribution < 1.29 is 14.3 Å². The molecular formula is C13H16O3. The molecule has 3 heteroatoms. The second-order valence-electron chi connectivity index (χ2n) is 3.99. The van der Waals surface area contributed by atoms with Crippen molar-refractivity contribution in [1.82, 2.24) is 0 Å². The minimum Gasteiger partial charge on any atom is -0.497 e. The standard InChI is InChI=1S/C13H16O3/c1-3-4-5-12-11-8-9(15-2)6-7-10(11)13(14)16-12/h6-8,12H,3-5H2,1-2H3. The molecule has 0 bridgehead atoms. The van der Waals surface area contributed by atoms with Crippen LogP contribution < -0.4 is 4.74 Å². The molecule has 1 unspecified atom stereocenters. The maximum Gasteiger partial charge on any atom is 0.339 e. The molecule has 0 aromatic heterocycles. The van der Waals surface area contributed by atoms with E-state index in [1.165, 1.54) is 0 Å². The Morgan fingerprint density at radius 2 is 2.25 bits per heavy atom. The molecule has 0 aliphatic carbocycles. The molecule has 3 nitrogen and oxygen atoms in total. The summed E-state index contributed by atoms with van der Waals surface area (Å²) in [7, 11) is 1.63. The van der Waals surface area contributed by atoms with Crippen molar-refractivity contribution in [2.75, 3.05) is 7.11 Å². The van der Waals surface area contributed by atoms with E-state index in [1.807, 2.05) is 6.07 Å². The SMILES string of the molecule is CCCCC1OC(=O)c2ccc(OC)cc21. The summed E-state index contributed by atoms with van der Waals surface area (Å²) in [6.45, 7) is 2.13. The summed E-state index contributed by atoms with van der Waals surface area (Å²) in [4.78, 5) is 11.6. The van der Waals surface area contributed by atoms with E-state index in [9.17, 15) is 4.79 Å². The number of hydrogen-bond donors (Lipinski definition) is 0. The molecule has 0 spiro atoms. The van der Waals surface area contributed by atoms with Gasteiger partial charge in [0.2, 0.25) is 0 Å². The topological polar surface area (TPSA) is 35.5 Å². The van der Waals surface area contributed by atoms with Crippen molar-refractivity contribution in [1.29, 1.82) is 0 Å². The van der Waals surface area contributed by atoms with Gasteiger partial charge in [-0.1, -0.05) is 13.3 Å². The Hall–Kier alpha value is -1.51. The van der Waals surface area contributed by atoms with Crippen molar-refractivity contribution in [2.24, 2.45) is 0 Å². The first kappa shape index (κ1) is 11.0. The number of fused-ring (bicyclic) bond motifs is 1. The predicted molar refractivity (Wildman–Crippen MR) is 60.7 cm³/mol. The lowest BCUT2D eigenvalue weighted by atomic mass is 10.0. The van der Waals surface area contributed by atoms with Gasteiger partial charge >= 0.3 is 5.97 Å². The Morgan fingerprint density at radius 3 is 2.94 bits per heavy atom. The highest BCUT2D eigenvalue weighted by Crippen LogP contribution is 2.36. The monoisotopic (exact) mass is 220 g/mol. The van der Waals surface area contributed by atoms with Gasteiger partial charge in [-0.3, -0.25) is 0 Å². The Kier molecular flexibility index (Phi) is 3.13. The Morgan fingerprint density at radius 1 is 1.44 bits per heavy atom. The number of carbonyl (C=O) groups excluding carboxylic acids is 1. The van der Waals surface area contributed by atoms with Gasteiger partial charge in [0.1, 0.15) is 11.9 Å². The van der Waals surface area contributed by atoms with Crippen LogP contribution in [-0.2, 0) is 4.74 Å². The number of hydrogen-bond acceptors (Lipinski definition) is 3. The van der Waals surface area contributed by atoms with E-state index in [1.54, 1.807) is 19.2 Å². The van der Waals surface area contributed by atoms with E-state index in [0.717, 1.165) is 30.6 Å². The van der Waals surface area contributed by atoms with Gasteiger partial charge in [0, 0.05) is 5.56 Å². The van der Waals surface area contributed by atoms with Crippen LogP contribution >= 0.6 is 0 Å². The van der Waals surface area contributed by atoms with E-state index >= 15 is 0 Å². The van der Waals surface area contributed by atoms with Gasteiger partial charge in [-0.05, 0) is 31.0 Å². The molecule has 16 heavy (non-hydrogen) atoms. The largest absolute Gasteiger partial charge is 0.497 e. The molecule has 0 amide bonds. The van der Waals surface area contributed by atoms with Gasteiger partial charge in [0.25, 0.3) is 0 Å². The van der Waals surface area contributed by atoms with Gasteiger partial charge in [0.05, 0.1) is 12.7 Å². The second kappa shape index (κ2) is 4.56. The summed E-state index contributed by atoms with van der Waals surface area (Å²) in [5.41, 5.74) is 1.65. The van der Waals surface area contributed by atoms with Crippen LogP contribution in [-0.4, -0.2) is 13.1 Å². The zero-order valence-corrected chi connectivity index (χ0v) is 9.66. The quantitative estimate of drug-likeness (QED) is 0.731. The van der Waals surface area contributed by atoms with E-state index < -0.39 is 0 Å². The zero-order valence-electron chi connectivity index (χ0n) is 9.66. The molecular weight excluding hydrogens is 204 g/mol. The second-order valence-corrected chi connectivity index (χ2v) is 3.99. The fourth-order valence-electron chi connectivity index (χ4n) is 1.98. The number of methoxy groups -OCH3 is 1. The van der Waals surface area contributed by atoms with Gasteiger partial charge in [-0.2, -0.15) is 0 Å². The fraction of sp³-hybridized carbons (Fsp3) is 0.462. The van der Waals surface area contributed by atoms with E-state index in [0.29, 0.717) is 5.56 Å². The van der Waals surface area contributed by atoms with E-state index in [-0.39, 0.29) is 12.1 Å². The van der Waals surface area contributed by atoms with Crippen LogP contribution in [0.2, 0.25) is 0 Å². The lowest BCUT2D eigenvalue weighted by Gasteiger charge is -2.10. The summed E-state index contributed by atoms with van der Waals surface area (Å²) in [5, 5.41) is 0. The smallest absolute Gasteiger partial charge is 0.339 e. The number of unbranched alkanes of at least 4 members (excludes halogenated alkanes) is 1. The summed E-state index contributed by atoms with van der Waals surface area (Å²) in [6.07, 6.45) is 2.97. The van der Waals surface area contributed by atoms with Crippen molar-refractivity contribution in [3.8, 4) is 5.75 Å².